The second-order valence-electron chi connectivity index (χ2n) is 11.3. The molecular weight excluding hydrogens is 546 g/mol. The molecule has 0 bridgehead atoms. The Hall–Kier alpha value is -2.87. The Bertz CT molecular complexity index is 1120. The quantitative estimate of drug-likeness (QED) is 0.350. The van der Waals surface area contributed by atoms with E-state index in [1.54, 1.807) is 0 Å². The number of hydrogen-bond acceptors (Lipinski definition) is 4. The summed E-state index contributed by atoms with van der Waals surface area (Å²) in [5.74, 6) is -0.187. The molecule has 0 heterocycles. The Morgan fingerprint density at radius 3 is 2.24 bits per heavy atom. The summed E-state index contributed by atoms with van der Waals surface area (Å²) >= 11 is 3.45. The SMILES string of the molecule is Cc1ccc(NC(=O)[C@H](Cc2ccc(Br)cc2)NC(=O)C2CCC(CNC(=O)OC(C)(C)C)CC2)cc1C. The predicted molar refractivity (Wildman–Crippen MR) is 154 cm³/mol. The van der Waals surface area contributed by atoms with Crippen molar-refractivity contribution in [1.29, 1.82) is 0 Å². The molecule has 8 heteroatoms. The number of ether oxygens (including phenoxy) is 1. The second-order valence-corrected chi connectivity index (χ2v) is 12.2. The van der Waals surface area contributed by atoms with E-state index >= 15 is 0 Å². The molecule has 0 aliphatic heterocycles. The van der Waals surface area contributed by atoms with E-state index < -0.39 is 17.7 Å². The number of rotatable bonds is 8. The Kier molecular flexibility index (Phi) is 10.4. The number of anilines is 1. The normalized spacial score (nSPS) is 18.3. The van der Waals surface area contributed by atoms with Crippen LogP contribution in [-0.4, -0.2) is 36.1 Å². The third-order valence-corrected chi connectivity index (χ3v) is 7.44. The Morgan fingerprint density at radius 1 is 0.974 bits per heavy atom. The third-order valence-electron chi connectivity index (χ3n) is 6.91. The fraction of sp³-hybridized carbons (Fsp3) is 0.500. The van der Waals surface area contributed by atoms with Crippen LogP contribution in [0.2, 0.25) is 0 Å². The van der Waals surface area contributed by atoms with Crippen LogP contribution < -0.4 is 16.0 Å². The maximum Gasteiger partial charge on any atom is 0.407 e. The number of carbonyl (C=O) groups is 3. The van der Waals surface area contributed by atoms with Crippen LogP contribution in [0.25, 0.3) is 0 Å². The van der Waals surface area contributed by atoms with Crippen molar-refractivity contribution in [3.8, 4) is 0 Å². The molecule has 3 N–H and O–H groups in total. The molecule has 0 unspecified atom stereocenters. The van der Waals surface area contributed by atoms with E-state index in [4.69, 9.17) is 4.74 Å². The molecule has 2 aromatic carbocycles. The third kappa shape index (κ3) is 9.46. The van der Waals surface area contributed by atoms with Gasteiger partial charge in [0.15, 0.2) is 0 Å². The van der Waals surface area contributed by atoms with Crippen LogP contribution in [-0.2, 0) is 20.7 Å². The minimum atomic E-state index is -0.697. The van der Waals surface area contributed by atoms with Crippen molar-refractivity contribution >= 4 is 39.5 Å². The van der Waals surface area contributed by atoms with Crippen LogP contribution in [0.4, 0.5) is 10.5 Å². The topological polar surface area (TPSA) is 96.5 Å². The Balaban J connectivity index is 1.59. The molecule has 3 rings (SSSR count). The summed E-state index contributed by atoms with van der Waals surface area (Å²) < 4.78 is 6.27. The highest BCUT2D eigenvalue weighted by molar-refractivity contribution is 9.10. The van der Waals surface area contributed by atoms with Crippen molar-refractivity contribution in [3.05, 3.63) is 63.6 Å². The summed E-state index contributed by atoms with van der Waals surface area (Å²) in [5, 5.41) is 8.86. The van der Waals surface area contributed by atoms with Crippen molar-refractivity contribution in [2.45, 2.75) is 78.4 Å². The number of alkyl carbamates (subject to hydrolysis) is 1. The fourth-order valence-electron chi connectivity index (χ4n) is 4.57. The van der Waals surface area contributed by atoms with E-state index in [0.717, 1.165) is 46.8 Å². The van der Waals surface area contributed by atoms with E-state index in [1.807, 2.05) is 77.1 Å². The van der Waals surface area contributed by atoms with Gasteiger partial charge in [0.1, 0.15) is 11.6 Å². The first-order chi connectivity index (χ1) is 17.9. The van der Waals surface area contributed by atoms with Crippen LogP contribution in [0, 0.1) is 25.7 Å². The van der Waals surface area contributed by atoms with Crippen LogP contribution in [0.1, 0.15) is 63.1 Å². The van der Waals surface area contributed by atoms with Gasteiger partial charge in [-0.2, -0.15) is 0 Å². The van der Waals surface area contributed by atoms with E-state index in [1.165, 1.54) is 0 Å². The average Bonchev–Trinajstić information content (AvgIpc) is 2.85. The minimum Gasteiger partial charge on any atom is -0.444 e. The number of halogens is 1. The van der Waals surface area contributed by atoms with Gasteiger partial charge in [0.05, 0.1) is 0 Å². The van der Waals surface area contributed by atoms with Gasteiger partial charge in [0.2, 0.25) is 11.8 Å². The minimum absolute atomic E-state index is 0.0964. The smallest absolute Gasteiger partial charge is 0.407 e. The Labute approximate surface area is 234 Å². The highest BCUT2D eigenvalue weighted by Gasteiger charge is 2.30. The van der Waals surface area contributed by atoms with Crippen LogP contribution in [0.3, 0.4) is 0 Å². The molecule has 0 spiro atoms. The van der Waals surface area contributed by atoms with Crippen LogP contribution in [0.15, 0.2) is 46.9 Å². The zero-order valence-electron chi connectivity index (χ0n) is 23.0. The predicted octanol–water partition coefficient (Wildman–Crippen LogP) is 6.06. The first-order valence-electron chi connectivity index (χ1n) is 13.3. The first kappa shape index (κ1) is 29.7. The lowest BCUT2D eigenvalue weighted by Gasteiger charge is -2.29. The molecule has 7 nitrogen and oxygen atoms in total. The second kappa shape index (κ2) is 13.3. The van der Waals surface area contributed by atoms with Crippen molar-refractivity contribution in [2.24, 2.45) is 11.8 Å². The molecule has 1 aliphatic carbocycles. The monoisotopic (exact) mass is 585 g/mol. The van der Waals surface area contributed by atoms with Crippen LogP contribution >= 0.6 is 15.9 Å². The molecule has 206 valence electrons. The van der Waals surface area contributed by atoms with E-state index in [-0.39, 0.29) is 17.7 Å². The fourth-order valence-corrected chi connectivity index (χ4v) is 4.84. The molecule has 0 saturated heterocycles. The molecule has 1 fully saturated rings. The summed E-state index contributed by atoms with van der Waals surface area (Å²) in [4.78, 5) is 38.5. The van der Waals surface area contributed by atoms with Gasteiger partial charge in [-0.1, -0.05) is 34.1 Å². The summed E-state index contributed by atoms with van der Waals surface area (Å²) in [6.07, 6.45) is 3.08. The van der Waals surface area contributed by atoms with Gasteiger partial charge >= 0.3 is 6.09 Å². The summed E-state index contributed by atoms with van der Waals surface area (Å²) in [7, 11) is 0. The van der Waals surface area contributed by atoms with Crippen molar-refractivity contribution in [2.75, 3.05) is 11.9 Å². The largest absolute Gasteiger partial charge is 0.444 e. The zero-order chi connectivity index (χ0) is 27.9. The molecule has 1 atom stereocenters. The van der Waals surface area contributed by atoms with Gasteiger partial charge in [-0.15, -0.1) is 0 Å². The van der Waals surface area contributed by atoms with Crippen molar-refractivity contribution in [1.82, 2.24) is 10.6 Å². The van der Waals surface area contributed by atoms with Crippen molar-refractivity contribution < 1.29 is 19.1 Å². The molecule has 2 aromatic rings. The number of nitrogens with one attached hydrogen (secondary N) is 3. The van der Waals surface area contributed by atoms with E-state index in [2.05, 4.69) is 31.9 Å². The van der Waals surface area contributed by atoms with Gasteiger partial charge in [0, 0.05) is 29.0 Å². The number of hydrogen-bond donors (Lipinski definition) is 3. The molecule has 3 amide bonds. The Morgan fingerprint density at radius 2 is 1.63 bits per heavy atom. The number of carbonyl (C=O) groups excluding carboxylic acids is 3. The lowest BCUT2D eigenvalue weighted by Crippen LogP contribution is -2.48. The highest BCUT2D eigenvalue weighted by Crippen LogP contribution is 2.29. The van der Waals surface area contributed by atoms with Gasteiger partial charge in [-0.3, -0.25) is 9.59 Å². The van der Waals surface area contributed by atoms with E-state index in [9.17, 15) is 14.4 Å². The number of amides is 3. The first-order valence-corrected chi connectivity index (χ1v) is 14.1. The van der Waals surface area contributed by atoms with Gasteiger partial charge in [-0.25, -0.2) is 4.79 Å². The maximum atomic E-state index is 13.3. The summed E-state index contributed by atoms with van der Waals surface area (Å²) in [6.45, 7) is 10.1. The molecule has 38 heavy (non-hydrogen) atoms. The molecular formula is C30H40BrN3O4. The molecule has 1 aliphatic rings. The average molecular weight is 587 g/mol. The van der Waals surface area contributed by atoms with Gasteiger partial charge in [-0.05, 0) is 107 Å². The highest BCUT2D eigenvalue weighted by atomic mass is 79.9. The summed E-state index contributed by atoms with van der Waals surface area (Å²) in [6, 6.07) is 12.9. The lowest BCUT2D eigenvalue weighted by molar-refractivity contribution is -0.130. The van der Waals surface area contributed by atoms with Crippen LogP contribution in [0.5, 0.6) is 0 Å². The maximum absolute atomic E-state index is 13.3. The molecule has 0 radical (unpaired) electrons. The van der Waals surface area contributed by atoms with E-state index in [0.29, 0.717) is 24.6 Å². The standard InChI is InChI=1S/C30H40BrN3O4/c1-19-6-15-25(16-20(19)2)33-28(36)26(17-21-9-13-24(31)14-10-21)34-27(35)23-11-7-22(8-12-23)18-32-29(37)38-30(3,4)5/h6,9-10,13-16,22-23,26H,7-8,11-12,17-18H2,1-5H3,(H,32,37)(H,33,36)(H,34,35)/t22?,23?,26-/m0/s1. The number of benzene rings is 2. The molecule has 1 saturated carbocycles. The summed E-state index contributed by atoms with van der Waals surface area (Å²) in [5.41, 5.74) is 3.39. The lowest BCUT2D eigenvalue weighted by atomic mass is 9.81. The van der Waals surface area contributed by atoms with Gasteiger partial charge < -0.3 is 20.7 Å². The number of aryl methyl sites for hydroxylation is 2. The zero-order valence-corrected chi connectivity index (χ0v) is 24.6. The molecule has 0 aromatic heterocycles. The van der Waals surface area contributed by atoms with Crippen molar-refractivity contribution in [3.63, 3.8) is 0 Å². The van der Waals surface area contributed by atoms with Gasteiger partial charge in [0.25, 0.3) is 0 Å².